The third-order valence-electron chi connectivity index (χ3n) is 8.44. The molecule has 0 bridgehead atoms. The van der Waals surface area contributed by atoms with Crippen LogP contribution in [0, 0.1) is 32.4 Å². The highest BCUT2D eigenvalue weighted by molar-refractivity contribution is 5.84. The van der Waals surface area contributed by atoms with Gasteiger partial charge in [0.1, 0.15) is 5.82 Å². The van der Waals surface area contributed by atoms with Crippen LogP contribution >= 0.6 is 0 Å². The SMILES string of the molecule is CCOC(=O)C(OC(C)(C)C)c1c(C)nc2c(C)c(-c3cccc(-c4cccc(F)c4)c3)nn2c1-c1cc(F)c2c(c1C)CCCO2. The zero-order valence-electron chi connectivity index (χ0n) is 27.8. The van der Waals surface area contributed by atoms with E-state index >= 15 is 4.39 Å². The summed E-state index contributed by atoms with van der Waals surface area (Å²) in [6.45, 7) is 13.6. The maximum Gasteiger partial charge on any atom is 0.340 e. The van der Waals surface area contributed by atoms with Crippen LogP contribution in [-0.2, 0) is 20.7 Å². The molecule has 2 aromatic heterocycles. The maximum absolute atomic E-state index is 15.8. The molecule has 0 aliphatic carbocycles. The third kappa shape index (κ3) is 6.12. The second-order valence-electron chi connectivity index (χ2n) is 12.9. The zero-order valence-corrected chi connectivity index (χ0v) is 27.8. The van der Waals surface area contributed by atoms with Crippen LogP contribution < -0.4 is 4.74 Å². The second kappa shape index (κ2) is 12.5. The molecule has 1 aliphatic rings. The van der Waals surface area contributed by atoms with Crippen molar-refractivity contribution in [3.8, 4) is 39.4 Å². The van der Waals surface area contributed by atoms with Gasteiger partial charge in [-0.15, -0.1) is 0 Å². The van der Waals surface area contributed by atoms with Gasteiger partial charge in [0.2, 0.25) is 0 Å². The van der Waals surface area contributed by atoms with Crippen LogP contribution in [0.3, 0.4) is 0 Å². The lowest BCUT2D eigenvalue weighted by Gasteiger charge is -2.29. The van der Waals surface area contributed by atoms with E-state index in [9.17, 15) is 9.18 Å². The molecule has 7 nitrogen and oxygen atoms in total. The van der Waals surface area contributed by atoms with Gasteiger partial charge in [-0.1, -0.05) is 30.3 Å². The number of aromatic nitrogens is 3. The van der Waals surface area contributed by atoms with Crippen LogP contribution in [0.2, 0.25) is 0 Å². The molecule has 3 aromatic carbocycles. The molecule has 0 saturated carbocycles. The third-order valence-corrected chi connectivity index (χ3v) is 8.44. The first-order valence-electron chi connectivity index (χ1n) is 15.9. The van der Waals surface area contributed by atoms with Crippen molar-refractivity contribution in [1.82, 2.24) is 14.6 Å². The number of aryl methyl sites for hydroxylation is 2. The molecular formula is C38H39F2N3O4. The number of rotatable bonds is 7. The van der Waals surface area contributed by atoms with E-state index in [1.54, 1.807) is 17.5 Å². The monoisotopic (exact) mass is 639 g/mol. The van der Waals surface area contributed by atoms with Crippen LogP contribution in [-0.4, -0.2) is 39.4 Å². The fraction of sp³-hybridized carbons (Fsp3) is 0.342. The Bertz CT molecular complexity index is 2010. The van der Waals surface area contributed by atoms with E-state index in [0.29, 0.717) is 46.9 Å². The van der Waals surface area contributed by atoms with E-state index in [1.807, 2.05) is 71.9 Å². The minimum atomic E-state index is -1.17. The average Bonchev–Trinajstić information content (AvgIpc) is 3.36. The Morgan fingerprint density at radius 3 is 2.40 bits per heavy atom. The summed E-state index contributed by atoms with van der Waals surface area (Å²) in [5, 5.41) is 5.10. The van der Waals surface area contributed by atoms with Crippen molar-refractivity contribution >= 4 is 11.6 Å². The van der Waals surface area contributed by atoms with Gasteiger partial charge in [0.15, 0.2) is 23.3 Å². The smallest absolute Gasteiger partial charge is 0.340 e. The predicted molar refractivity (Wildman–Crippen MR) is 177 cm³/mol. The lowest BCUT2D eigenvalue weighted by molar-refractivity contribution is -0.166. The van der Waals surface area contributed by atoms with E-state index in [2.05, 4.69) is 0 Å². The minimum Gasteiger partial charge on any atom is -0.490 e. The molecule has 0 spiro atoms. The van der Waals surface area contributed by atoms with E-state index < -0.39 is 23.5 Å². The van der Waals surface area contributed by atoms with E-state index in [4.69, 9.17) is 24.3 Å². The molecule has 1 unspecified atom stereocenters. The molecule has 244 valence electrons. The van der Waals surface area contributed by atoms with Crippen molar-refractivity contribution < 1.29 is 27.8 Å². The Hall–Kier alpha value is -4.63. The Morgan fingerprint density at radius 2 is 1.70 bits per heavy atom. The number of fused-ring (bicyclic) bond motifs is 2. The molecule has 1 aliphatic heterocycles. The zero-order chi connectivity index (χ0) is 33.6. The summed E-state index contributed by atoms with van der Waals surface area (Å²) in [6.07, 6.45) is 0.255. The van der Waals surface area contributed by atoms with Crippen LogP contribution in [0.25, 0.3) is 39.3 Å². The van der Waals surface area contributed by atoms with Crippen molar-refractivity contribution in [1.29, 1.82) is 0 Å². The summed E-state index contributed by atoms with van der Waals surface area (Å²) in [7, 11) is 0. The second-order valence-corrected chi connectivity index (χ2v) is 12.9. The van der Waals surface area contributed by atoms with Crippen molar-refractivity contribution in [2.75, 3.05) is 13.2 Å². The van der Waals surface area contributed by atoms with Gasteiger partial charge in [-0.25, -0.2) is 23.1 Å². The molecule has 1 atom stereocenters. The minimum absolute atomic E-state index is 0.156. The summed E-state index contributed by atoms with van der Waals surface area (Å²) in [5.41, 5.74) is 7.30. The van der Waals surface area contributed by atoms with E-state index in [1.165, 1.54) is 18.2 Å². The van der Waals surface area contributed by atoms with Gasteiger partial charge in [0.05, 0.1) is 30.2 Å². The van der Waals surface area contributed by atoms with Crippen LogP contribution in [0.1, 0.15) is 68.2 Å². The first-order valence-corrected chi connectivity index (χ1v) is 15.9. The number of halogens is 2. The van der Waals surface area contributed by atoms with Crippen molar-refractivity contribution in [2.45, 2.75) is 73.0 Å². The molecule has 0 saturated heterocycles. The van der Waals surface area contributed by atoms with Crippen LogP contribution in [0.5, 0.6) is 5.75 Å². The summed E-state index contributed by atoms with van der Waals surface area (Å²) in [4.78, 5) is 18.6. The summed E-state index contributed by atoms with van der Waals surface area (Å²) >= 11 is 0. The van der Waals surface area contributed by atoms with Crippen LogP contribution in [0.15, 0.2) is 54.6 Å². The summed E-state index contributed by atoms with van der Waals surface area (Å²) in [6, 6.07) is 15.6. The molecule has 0 amide bonds. The molecular weight excluding hydrogens is 600 g/mol. The van der Waals surface area contributed by atoms with Gasteiger partial charge in [0.25, 0.3) is 0 Å². The predicted octanol–water partition coefficient (Wildman–Crippen LogP) is 8.68. The van der Waals surface area contributed by atoms with Gasteiger partial charge < -0.3 is 14.2 Å². The first-order chi connectivity index (χ1) is 22.4. The van der Waals surface area contributed by atoms with E-state index in [-0.39, 0.29) is 18.2 Å². The van der Waals surface area contributed by atoms with Gasteiger partial charge in [-0.2, -0.15) is 5.10 Å². The Morgan fingerprint density at radius 1 is 1.00 bits per heavy atom. The van der Waals surface area contributed by atoms with E-state index in [0.717, 1.165) is 39.8 Å². The number of hydrogen-bond donors (Lipinski definition) is 0. The summed E-state index contributed by atoms with van der Waals surface area (Å²) < 4.78 is 49.3. The fourth-order valence-electron chi connectivity index (χ4n) is 6.34. The van der Waals surface area contributed by atoms with Gasteiger partial charge in [0, 0.05) is 33.5 Å². The van der Waals surface area contributed by atoms with Crippen molar-refractivity contribution in [3.63, 3.8) is 0 Å². The highest BCUT2D eigenvalue weighted by Gasteiger charge is 2.36. The highest BCUT2D eigenvalue weighted by Crippen LogP contribution is 2.43. The molecule has 47 heavy (non-hydrogen) atoms. The Kier molecular flexibility index (Phi) is 8.61. The van der Waals surface area contributed by atoms with Gasteiger partial charge >= 0.3 is 5.97 Å². The highest BCUT2D eigenvalue weighted by atomic mass is 19.1. The number of esters is 1. The standard InChI is InChI=1S/C38H39F2N3O4/c1-8-45-37(44)35(47-38(5,6)7)31-23(4)41-36-22(3)32(26-14-9-12-24(18-26)25-13-10-15-27(39)19-25)42-43(36)33(31)29-20-30(40)34-28(21(29)2)16-11-17-46-34/h9-10,12-15,18-20,35H,8,11,16-17H2,1-7H3. The normalized spacial score (nSPS) is 13.7. The van der Waals surface area contributed by atoms with Gasteiger partial charge in [-0.05, 0) is 102 Å². The first kappa shape index (κ1) is 32.3. The molecule has 0 radical (unpaired) electrons. The van der Waals surface area contributed by atoms with Crippen molar-refractivity contribution in [2.24, 2.45) is 0 Å². The number of carbonyl (C=O) groups excluding carboxylic acids is 1. The molecule has 6 rings (SSSR count). The fourth-order valence-corrected chi connectivity index (χ4v) is 6.34. The molecule has 5 aromatic rings. The topological polar surface area (TPSA) is 75.0 Å². The number of hydrogen-bond acceptors (Lipinski definition) is 6. The molecule has 3 heterocycles. The number of nitrogens with zero attached hydrogens (tertiary/aromatic N) is 3. The number of benzene rings is 3. The Labute approximate surface area is 273 Å². The number of ether oxygens (including phenoxy) is 3. The lowest BCUT2D eigenvalue weighted by atomic mass is 9.90. The Balaban J connectivity index is 1.66. The lowest BCUT2D eigenvalue weighted by Crippen LogP contribution is -2.30. The van der Waals surface area contributed by atoms with Gasteiger partial charge in [-0.3, -0.25) is 0 Å². The molecule has 9 heteroatoms. The molecule has 0 fully saturated rings. The molecule has 0 N–H and O–H groups in total. The largest absolute Gasteiger partial charge is 0.490 e. The number of carbonyl (C=O) groups is 1. The van der Waals surface area contributed by atoms with Crippen LogP contribution in [0.4, 0.5) is 8.78 Å². The average molecular weight is 640 g/mol. The quantitative estimate of drug-likeness (QED) is 0.166. The maximum atomic E-state index is 15.8. The van der Waals surface area contributed by atoms with Crippen molar-refractivity contribution in [3.05, 3.63) is 94.2 Å². The summed E-state index contributed by atoms with van der Waals surface area (Å²) in [5.74, 6) is -1.11.